The van der Waals surface area contributed by atoms with E-state index in [0.29, 0.717) is 19.6 Å². The number of rotatable bonds is 12. The Morgan fingerprint density at radius 1 is 1.00 bits per heavy atom. The van der Waals surface area contributed by atoms with Gasteiger partial charge in [0.15, 0.2) is 0 Å². The Labute approximate surface area is 173 Å². The summed E-state index contributed by atoms with van der Waals surface area (Å²) in [6.07, 6.45) is 2.16. The summed E-state index contributed by atoms with van der Waals surface area (Å²) in [5.41, 5.74) is 2.51. The summed E-state index contributed by atoms with van der Waals surface area (Å²) in [4.78, 5) is 12.6. The van der Waals surface area contributed by atoms with E-state index in [1.807, 2.05) is 38.4 Å². The maximum absolute atomic E-state index is 10.9. The molecule has 2 rings (SSSR count). The minimum Gasteiger partial charge on any atom is -0.493 e. The summed E-state index contributed by atoms with van der Waals surface area (Å²) >= 11 is 0. The van der Waals surface area contributed by atoms with E-state index in [4.69, 9.17) is 14.6 Å². The van der Waals surface area contributed by atoms with Crippen molar-refractivity contribution >= 4 is 18.4 Å². The molecule has 0 aliphatic carbocycles. The number of carboxylic acid groups (broad SMARTS) is 1. The van der Waals surface area contributed by atoms with E-state index in [9.17, 15) is 4.79 Å². The van der Waals surface area contributed by atoms with Crippen LogP contribution in [0, 0.1) is 0 Å². The van der Waals surface area contributed by atoms with E-state index >= 15 is 0 Å². The molecule has 0 saturated heterocycles. The molecular formula is C22H30ClNO4. The fourth-order valence-electron chi connectivity index (χ4n) is 2.78. The van der Waals surface area contributed by atoms with Crippen molar-refractivity contribution in [3.63, 3.8) is 0 Å². The number of carbonyl (C=O) groups is 1. The molecule has 1 atom stereocenters. The van der Waals surface area contributed by atoms with Gasteiger partial charge in [-0.05, 0) is 44.1 Å². The van der Waals surface area contributed by atoms with Crippen LogP contribution in [0.2, 0.25) is 0 Å². The highest BCUT2D eigenvalue weighted by Gasteiger charge is 2.15. The van der Waals surface area contributed by atoms with Crippen molar-refractivity contribution in [2.24, 2.45) is 0 Å². The molecule has 0 aliphatic heterocycles. The molecule has 1 N–H and O–H groups in total. The van der Waals surface area contributed by atoms with Gasteiger partial charge in [0.25, 0.3) is 0 Å². The molecule has 0 bridgehead atoms. The van der Waals surface area contributed by atoms with E-state index in [1.54, 1.807) is 4.90 Å². The second-order valence-electron chi connectivity index (χ2n) is 6.68. The number of benzene rings is 2. The van der Waals surface area contributed by atoms with Crippen LogP contribution in [0.25, 0.3) is 0 Å². The normalized spacial score (nSPS) is 11.7. The molecule has 0 spiro atoms. The van der Waals surface area contributed by atoms with Gasteiger partial charge in [-0.1, -0.05) is 48.5 Å². The summed E-state index contributed by atoms with van der Waals surface area (Å²) in [5, 5.41) is 8.92. The number of aliphatic carboxylic acids is 1. The summed E-state index contributed by atoms with van der Waals surface area (Å²) in [6.45, 7) is 0.998. The predicted molar refractivity (Wildman–Crippen MR) is 113 cm³/mol. The summed E-state index contributed by atoms with van der Waals surface area (Å²) < 4.78 is 11.6. The van der Waals surface area contributed by atoms with E-state index in [2.05, 4.69) is 30.3 Å². The lowest BCUT2D eigenvalue weighted by atomic mass is 10.0. The van der Waals surface area contributed by atoms with E-state index in [1.165, 1.54) is 11.1 Å². The van der Waals surface area contributed by atoms with Crippen LogP contribution in [0.3, 0.4) is 0 Å². The molecule has 0 amide bonds. The lowest BCUT2D eigenvalue weighted by Gasteiger charge is -2.23. The highest BCUT2D eigenvalue weighted by molar-refractivity contribution is 5.85. The average molecular weight is 408 g/mol. The summed E-state index contributed by atoms with van der Waals surface area (Å²) in [5.74, 6) is 0.0421. The third kappa shape index (κ3) is 8.74. The number of hydrogen-bond acceptors (Lipinski definition) is 4. The van der Waals surface area contributed by atoms with Crippen LogP contribution in [-0.4, -0.2) is 49.5 Å². The molecule has 5 nitrogen and oxygen atoms in total. The fourth-order valence-corrected chi connectivity index (χ4v) is 2.78. The summed E-state index contributed by atoms with van der Waals surface area (Å²) in [6, 6.07) is 18.5. The Morgan fingerprint density at radius 2 is 1.68 bits per heavy atom. The molecule has 2 aromatic carbocycles. The first-order chi connectivity index (χ1) is 13.1. The van der Waals surface area contributed by atoms with Crippen molar-refractivity contribution in [1.29, 1.82) is 0 Å². The third-order valence-corrected chi connectivity index (χ3v) is 4.28. The Kier molecular flexibility index (Phi) is 11.3. The van der Waals surface area contributed by atoms with Crippen molar-refractivity contribution in [2.45, 2.75) is 31.9 Å². The number of hydrogen-bond donors (Lipinski definition) is 1. The topological polar surface area (TPSA) is 59.0 Å². The van der Waals surface area contributed by atoms with Gasteiger partial charge in [0, 0.05) is 6.42 Å². The lowest BCUT2D eigenvalue weighted by Crippen LogP contribution is -2.33. The van der Waals surface area contributed by atoms with Crippen molar-refractivity contribution in [2.75, 3.05) is 27.3 Å². The van der Waals surface area contributed by atoms with Gasteiger partial charge in [-0.2, -0.15) is 0 Å². The van der Waals surface area contributed by atoms with Gasteiger partial charge in [0.05, 0.1) is 19.6 Å². The highest BCUT2D eigenvalue weighted by atomic mass is 35.5. The van der Waals surface area contributed by atoms with Gasteiger partial charge in [0.2, 0.25) is 0 Å². The maximum atomic E-state index is 10.9. The first-order valence-corrected chi connectivity index (χ1v) is 9.30. The average Bonchev–Trinajstić information content (AvgIpc) is 2.66. The second-order valence-corrected chi connectivity index (χ2v) is 6.68. The molecule has 0 fully saturated rings. The molecule has 1 unspecified atom stereocenters. The van der Waals surface area contributed by atoms with Crippen molar-refractivity contribution < 1.29 is 19.4 Å². The standard InChI is InChI=1S/C22H29NO4.ClH/c1-23(2)21(17-22(24)25)27-16-8-15-26-20-12-7-6-11-19(20)14-13-18-9-4-3-5-10-18;/h3-7,9-12,21H,8,13-17H2,1-2H3,(H,24,25);1H. The minimum atomic E-state index is -0.864. The van der Waals surface area contributed by atoms with Crippen LogP contribution in [0.15, 0.2) is 54.6 Å². The summed E-state index contributed by atoms with van der Waals surface area (Å²) in [7, 11) is 3.63. The molecule has 0 radical (unpaired) electrons. The molecule has 28 heavy (non-hydrogen) atoms. The van der Waals surface area contributed by atoms with Crippen LogP contribution in [0.4, 0.5) is 0 Å². The first-order valence-electron chi connectivity index (χ1n) is 9.30. The Bertz CT molecular complexity index is 694. The highest BCUT2D eigenvalue weighted by Crippen LogP contribution is 2.20. The maximum Gasteiger partial charge on any atom is 0.307 e. The Morgan fingerprint density at radius 3 is 2.36 bits per heavy atom. The third-order valence-electron chi connectivity index (χ3n) is 4.28. The van der Waals surface area contributed by atoms with Crippen LogP contribution in [-0.2, 0) is 22.4 Å². The number of nitrogens with zero attached hydrogens (tertiary/aromatic N) is 1. The van der Waals surface area contributed by atoms with Crippen molar-refractivity contribution in [3.8, 4) is 5.75 Å². The monoisotopic (exact) mass is 407 g/mol. The number of ether oxygens (including phenoxy) is 2. The number of halogens is 1. The van der Waals surface area contributed by atoms with E-state index < -0.39 is 12.2 Å². The van der Waals surface area contributed by atoms with E-state index in [-0.39, 0.29) is 18.8 Å². The molecule has 154 valence electrons. The van der Waals surface area contributed by atoms with Crippen LogP contribution in [0.5, 0.6) is 5.75 Å². The zero-order valence-corrected chi connectivity index (χ0v) is 17.4. The predicted octanol–water partition coefficient (Wildman–Crippen LogP) is 4.04. The SMILES string of the molecule is CN(C)C(CC(=O)O)OCCCOc1ccccc1CCc1ccccc1.Cl. The molecule has 0 aromatic heterocycles. The largest absolute Gasteiger partial charge is 0.493 e. The molecular weight excluding hydrogens is 378 g/mol. The van der Waals surface area contributed by atoms with Crippen LogP contribution >= 0.6 is 12.4 Å². The zero-order chi connectivity index (χ0) is 19.5. The Hall–Kier alpha value is -2.08. The minimum absolute atomic E-state index is 0. The van der Waals surface area contributed by atoms with Gasteiger partial charge >= 0.3 is 5.97 Å². The lowest BCUT2D eigenvalue weighted by molar-refractivity contribution is -0.144. The number of carboxylic acids is 1. The molecule has 0 heterocycles. The zero-order valence-electron chi connectivity index (χ0n) is 16.5. The van der Waals surface area contributed by atoms with Crippen LogP contribution in [0.1, 0.15) is 24.0 Å². The fraction of sp³-hybridized carbons (Fsp3) is 0.409. The quantitative estimate of drug-likeness (QED) is 0.425. The van der Waals surface area contributed by atoms with Crippen LogP contribution < -0.4 is 4.74 Å². The molecule has 2 aromatic rings. The van der Waals surface area contributed by atoms with Crippen molar-refractivity contribution in [3.05, 3.63) is 65.7 Å². The molecule has 0 saturated carbocycles. The number of para-hydroxylation sites is 1. The smallest absolute Gasteiger partial charge is 0.307 e. The first kappa shape index (κ1) is 24.0. The van der Waals surface area contributed by atoms with E-state index in [0.717, 1.165) is 18.6 Å². The van der Waals surface area contributed by atoms with Gasteiger partial charge in [-0.3, -0.25) is 9.69 Å². The van der Waals surface area contributed by atoms with Gasteiger partial charge < -0.3 is 14.6 Å². The molecule has 0 aliphatic rings. The van der Waals surface area contributed by atoms with Gasteiger partial charge in [-0.25, -0.2) is 0 Å². The number of aryl methyl sites for hydroxylation is 2. The van der Waals surface area contributed by atoms with Crippen molar-refractivity contribution in [1.82, 2.24) is 4.90 Å². The second kappa shape index (κ2) is 13.2. The van der Waals surface area contributed by atoms with Gasteiger partial charge in [-0.15, -0.1) is 12.4 Å². The van der Waals surface area contributed by atoms with Gasteiger partial charge in [0.1, 0.15) is 12.0 Å². The Balaban J connectivity index is 0.00000392. The molecule has 6 heteroatoms.